The molecule has 0 aliphatic heterocycles. The van der Waals surface area contributed by atoms with Gasteiger partial charge in [-0.25, -0.2) is 0 Å². The molecule has 0 saturated carbocycles. The van der Waals surface area contributed by atoms with E-state index < -0.39 is 6.10 Å². The molecule has 0 heterocycles. The fraction of sp³-hybridized carbons (Fsp3) is 0.500. The topological polar surface area (TPSA) is 55.5 Å². The lowest BCUT2D eigenvalue weighted by atomic mass is 10.0. The molecule has 1 aromatic rings. The van der Waals surface area contributed by atoms with Gasteiger partial charge < -0.3 is 15.6 Å². The summed E-state index contributed by atoms with van der Waals surface area (Å²) in [5, 5.41) is 9.95. The van der Waals surface area contributed by atoms with Crippen LogP contribution >= 0.6 is 0 Å². The van der Waals surface area contributed by atoms with Crippen LogP contribution in [0.4, 0.5) is 0 Å². The first kappa shape index (κ1) is 10.5. The van der Waals surface area contributed by atoms with Gasteiger partial charge in [-0.2, -0.15) is 0 Å². The van der Waals surface area contributed by atoms with E-state index in [2.05, 4.69) is 0 Å². The average molecular weight is 207 g/mol. The van der Waals surface area contributed by atoms with E-state index in [0.717, 1.165) is 29.7 Å². The minimum Gasteiger partial charge on any atom is -0.497 e. The first-order valence-electron chi connectivity index (χ1n) is 5.31. The van der Waals surface area contributed by atoms with E-state index in [1.54, 1.807) is 7.11 Å². The molecule has 0 aromatic heterocycles. The molecule has 15 heavy (non-hydrogen) atoms. The highest BCUT2D eigenvalue weighted by atomic mass is 16.5. The third-order valence-electron chi connectivity index (χ3n) is 3.02. The Hall–Kier alpha value is -1.06. The normalized spacial score (nSPS) is 25.5. The van der Waals surface area contributed by atoms with Gasteiger partial charge in [-0.1, -0.05) is 6.07 Å². The molecule has 3 heteroatoms. The molecule has 0 unspecified atom stereocenters. The molecule has 3 N–H and O–H groups in total. The number of nitrogens with two attached hydrogens (primary N) is 1. The third-order valence-corrected chi connectivity index (χ3v) is 3.02. The molecule has 1 aromatic carbocycles. The second-order valence-electron chi connectivity index (χ2n) is 4.11. The van der Waals surface area contributed by atoms with Gasteiger partial charge in [0, 0.05) is 6.04 Å². The van der Waals surface area contributed by atoms with E-state index in [9.17, 15) is 5.11 Å². The summed E-state index contributed by atoms with van der Waals surface area (Å²) in [5.41, 5.74) is 8.05. The molecule has 2 rings (SSSR count). The SMILES string of the molecule is COc1ccc2c(c1)CC[C@@H](N)C[C@H]2O. The number of rotatable bonds is 1. The number of methoxy groups -OCH3 is 1. The highest BCUT2D eigenvalue weighted by Gasteiger charge is 2.20. The van der Waals surface area contributed by atoms with Crippen LogP contribution in [0.3, 0.4) is 0 Å². The summed E-state index contributed by atoms with van der Waals surface area (Å²) >= 11 is 0. The zero-order chi connectivity index (χ0) is 10.8. The predicted octanol–water partition coefficient (Wildman–Crippen LogP) is 1.39. The van der Waals surface area contributed by atoms with Crippen molar-refractivity contribution in [3.63, 3.8) is 0 Å². The summed E-state index contributed by atoms with van der Waals surface area (Å²) in [5.74, 6) is 0.844. The van der Waals surface area contributed by atoms with Crippen molar-refractivity contribution >= 4 is 0 Å². The van der Waals surface area contributed by atoms with Crippen molar-refractivity contribution in [3.05, 3.63) is 29.3 Å². The molecule has 82 valence electrons. The Morgan fingerprint density at radius 1 is 1.47 bits per heavy atom. The Balaban J connectivity index is 2.35. The Bertz CT molecular complexity index is 351. The Morgan fingerprint density at radius 2 is 2.27 bits per heavy atom. The Morgan fingerprint density at radius 3 is 3.00 bits per heavy atom. The predicted molar refractivity (Wildman–Crippen MR) is 58.9 cm³/mol. The molecule has 0 radical (unpaired) electrons. The number of hydrogen-bond donors (Lipinski definition) is 2. The first-order chi connectivity index (χ1) is 7.20. The number of ether oxygens (including phenoxy) is 1. The monoisotopic (exact) mass is 207 g/mol. The van der Waals surface area contributed by atoms with Gasteiger partial charge in [0.15, 0.2) is 0 Å². The van der Waals surface area contributed by atoms with Gasteiger partial charge in [-0.3, -0.25) is 0 Å². The van der Waals surface area contributed by atoms with Gasteiger partial charge >= 0.3 is 0 Å². The standard InChI is InChI=1S/C12H17NO2/c1-15-10-4-5-11-8(6-10)2-3-9(13)7-12(11)14/h4-6,9,12,14H,2-3,7,13H2,1H3/t9-,12-/m1/s1. The summed E-state index contributed by atoms with van der Waals surface area (Å²) < 4.78 is 5.17. The van der Waals surface area contributed by atoms with E-state index in [-0.39, 0.29) is 6.04 Å². The molecule has 0 fully saturated rings. The molecule has 0 saturated heterocycles. The van der Waals surface area contributed by atoms with Crippen LogP contribution < -0.4 is 10.5 Å². The van der Waals surface area contributed by atoms with E-state index in [1.165, 1.54) is 0 Å². The fourth-order valence-corrected chi connectivity index (χ4v) is 2.12. The number of benzene rings is 1. The van der Waals surface area contributed by atoms with Gasteiger partial charge in [-0.05, 0) is 42.5 Å². The van der Waals surface area contributed by atoms with Gasteiger partial charge in [0.05, 0.1) is 13.2 Å². The van der Waals surface area contributed by atoms with Crippen LogP contribution in [0.25, 0.3) is 0 Å². The number of aliphatic hydroxyl groups is 1. The summed E-state index contributed by atoms with van der Waals surface area (Å²) in [7, 11) is 1.65. The molecule has 0 spiro atoms. The highest BCUT2D eigenvalue weighted by molar-refractivity contribution is 5.37. The quantitative estimate of drug-likeness (QED) is 0.684. The van der Waals surface area contributed by atoms with Crippen LogP contribution in [0.5, 0.6) is 5.75 Å². The van der Waals surface area contributed by atoms with Crippen LogP contribution in [0.2, 0.25) is 0 Å². The molecule has 1 aliphatic rings. The highest BCUT2D eigenvalue weighted by Crippen LogP contribution is 2.30. The molecule has 0 bridgehead atoms. The van der Waals surface area contributed by atoms with Gasteiger partial charge in [-0.15, -0.1) is 0 Å². The summed E-state index contributed by atoms with van der Waals surface area (Å²) in [6.45, 7) is 0. The van der Waals surface area contributed by atoms with Crippen LogP contribution in [-0.2, 0) is 6.42 Å². The molecule has 3 nitrogen and oxygen atoms in total. The largest absolute Gasteiger partial charge is 0.497 e. The molecular formula is C12H17NO2. The smallest absolute Gasteiger partial charge is 0.119 e. The maximum Gasteiger partial charge on any atom is 0.119 e. The van der Waals surface area contributed by atoms with Crippen molar-refractivity contribution in [2.45, 2.75) is 31.4 Å². The average Bonchev–Trinajstić information content (AvgIpc) is 2.38. The van der Waals surface area contributed by atoms with Crippen molar-refractivity contribution in [1.82, 2.24) is 0 Å². The van der Waals surface area contributed by atoms with Crippen molar-refractivity contribution in [2.24, 2.45) is 5.73 Å². The van der Waals surface area contributed by atoms with E-state index >= 15 is 0 Å². The number of aliphatic hydroxyl groups excluding tert-OH is 1. The lowest BCUT2D eigenvalue weighted by Gasteiger charge is -2.13. The number of aryl methyl sites for hydroxylation is 1. The lowest BCUT2D eigenvalue weighted by Crippen LogP contribution is -2.21. The number of fused-ring (bicyclic) bond motifs is 1. The Kier molecular flexibility index (Phi) is 2.93. The van der Waals surface area contributed by atoms with Crippen molar-refractivity contribution in [3.8, 4) is 5.75 Å². The third kappa shape index (κ3) is 2.13. The maximum atomic E-state index is 9.95. The zero-order valence-electron chi connectivity index (χ0n) is 8.94. The Labute approximate surface area is 89.9 Å². The number of hydrogen-bond acceptors (Lipinski definition) is 3. The lowest BCUT2D eigenvalue weighted by molar-refractivity contribution is 0.160. The summed E-state index contributed by atoms with van der Waals surface area (Å²) in [6.07, 6.45) is 2.07. The van der Waals surface area contributed by atoms with Gasteiger partial charge in [0.1, 0.15) is 5.75 Å². The van der Waals surface area contributed by atoms with E-state index in [0.29, 0.717) is 6.42 Å². The summed E-state index contributed by atoms with van der Waals surface area (Å²) in [4.78, 5) is 0. The minimum absolute atomic E-state index is 0.0957. The van der Waals surface area contributed by atoms with E-state index in [1.807, 2.05) is 18.2 Å². The van der Waals surface area contributed by atoms with Crippen LogP contribution in [-0.4, -0.2) is 18.3 Å². The molecule has 0 amide bonds. The van der Waals surface area contributed by atoms with Gasteiger partial charge in [0.2, 0.25) is 0 Å². The summed E-state index contributed by atoms with van der Waals surface area (Å²) in [6, 6.07) is 5.92. The maximum absolute atomic E-state index is 9.95. The van der Waals surface area contributed by atoms with Crippen LogP contribution in [0.1, 0.15) is 30.1 Å². The molecule has 1 aliphatic carbocycles. The zero-order valence-corrected chi connectivity index (χ0v) is 8.94. The van der Waals surface area contributed by atoms with E-state index in [4.69, 9.17) is 10.5 Å². The van der Waals surface area contributed by atoms with Crippen molar-refractivity contribution in [2.75, 3.05) is 7.11 Å². The van der Waals surface area contributed by atoms with Crippen LogP contribution in [0, 0.1) is 0 Å². The molecular weight excluding hydrogens is 190 g/mol. The van der Waals surface area contributed by atoms with Gasteiger partial charge in [0.25, 0.3) is 0 Å². The second-order valence-corrected chi connectivity index (χ2v) is 4.11. The fourth-order valence-electron chi connectivity index (χ4n) is 2.12. The first-order valence-corrected chi connectivity index (χ1v) is 5.31. The van der Waals surface area contributed by atoms with Crippen LogP contribution in [0.15, 0.2) is 18.2 Å². The molecule has 2 atom stereocenters. The second kappa shape index (κ2) is 4.21. The van der Waals surface area contributed by atoms with Crippen molar-refractivity contribution < 1.29 is 9.84 Å². The van der Waals surface area contributed by atoms with Crippen molar-refractivity contribution in [1.29, 1.82) is 0 Å². The minimum atomic E-state index is -0.427.